The van der Waals surface area contributed by atoms with Gasteiger partial charge in [-0.15, -0.1) is 0 Å². The Morgan fingerprint density at radius 2 is 1.65 bits per heavy atom. The molecule has 3 heteroatoms. The summed E-state index contributed by atoms with van der Waals surface area (Å²) in [5.41, 5.74) is 0.629. The van der Waals surface area contributed by atoms with Crippen molar-refractivity contribution in [2.45, 2.75) is 53.0 Å². The van der Waals surface area contributed by atoms with E-state index in [-0.39, 0.29) is 5.91 Å². The van der Waals surface area contributed by atoms with Gasteiger partial charge < -0.3 is 10.2 Å². The average molecular weight is 238 g/mol. The number of nitrogens with zero attached hydrogens (tertiary/aromatic N) is 1. The van der Waals surface area contributed by atoms with Crippen LogP contribution in [-0.2, 0) is 4.79 Å². The Morgan fingerprint density at radius 3 is 2.12 bits per heavy atom. The SMILES string of the molecule is CC1(C)C(NCC(=O)N2CCCCC2)C1(C)C. The quantitative estimate of drug-likeness (QED) is 0.816. The Kier molecular flexibility index (Phi) is 3.23. The van der Waals surface area contributed by atoms with Gasteiger partial charge in [-0.2, -0.15) is 0 Å². The first-order valence-electron chi connectivity index (χ1n) is 6.88. The number of carbonyl (C=O) groups is 1. The minimum atomic E-state index is 0.281. The van der Waals surface area contributed by atoms with E-state index in [4.69, 9.17) is 0 Å². The van der Waals surface area contributed by atoms with Crippen LogP contribution in [0.15, 0.2) is 0 Å². The molecule has 2 fully saturated rings. The van der Waals surface area contributed by atoms with Gasteiger partial charge >= 0.3 is 0 Å². The number of rotatable bonds is 3. The number of carbonyl (C=O) groups excluding carboxylic acids is 1. The third-order valence-corrected chi connectivity index (χ3v) is 5.19. The van der Waals surface area contributed by atoms with Gasteiger partial charge in [-0.25, -0.2) is 0 Å². The second-order valence-corrected chi connectivity index (χ2v) is 6.70. The Morgan fingerprint density at radius 1 is 1.12 bits per heavy atom. The van der Waals surface area contributed by atoms with Gasteiger partial charge in [-0.05, 0) is 30.1 Å². The van der Waals surface area contributed by atoms with Crippen LogP contribution in [-0.4, -0.2) is 36.5 Å². The highest BCUT2D eigenvalue weighted by atomic mass is 16.2. The lowest BCUT2D eigenvalue weighted by atomic mass is 10.0. The third kappa shape index (κ3) is 2.22. The molecule has 1 heterocycles. The summed E-state index contributed by atoms with van der Waals surface area (Å²) in [5.74, 6) is 0.281. The van der Waals surface area contributed by atoms with Crippen molar-refractivity contribution < 1.29 is 4.79 Å². The number of hydrogen-bond donors (Lipinski definition) is 1. The van der Waals surface area contributed by atoms with Crippen molar-refractivity contribution in [3.8, 4) is 0 Å². The minimum absolute atomic E-state index is 0.281. The van der Waals surface area contributed by atoms with Gasteiger partial charge in [0.05, 0.1) is 6.54 Å². The number of likely N-dealkylation sites (tertiary alicyclic amines) is 1. The first-order chi connectivity index (χ1) is 7.87. The van der Waals surface area contributed by atoms with Crippen molar-refractivity contribution in [3.63, 3.8) is 0 Å². The fraction of sp³-hybridized carbons (Fsp3) is 0.929. The second kappa shape index (κ2) is 4.27. The van der Waals surface area contributed by atoms with Crippen LogP contribution in [0.3, 0.4) is 0 Å². The van der Waals surface area contributed by atoms with Crippen molar-refractivity contribution >= 4 is 5.91 Å². The van der Waals surface area contributed by atoms with Crippen molar-refractivity contribution in [3.05, 3.63) is 0 Å². The normalized spacial score (nSPS) is 26.9. The van der Waals surface area contributed by atoms with Gasteiger partial charge in [-0.1, -0.05) is 27.7 Å². The summed E-state index contributed by atoms with van der Waals surface area (Å²) < 4.78 is 0. The summed E-state index contributed by atoms with van der Waals surface area (Å²) in [6.07, 6.45) is 3.62. The molecule has 0 aromatic heterocycles. The zero-order chi connectivity index (χ0) is 12.7. The smallest absolute Gasteiger partial charge is 0.236 e. The molecule has 1 aliphatic heterocycles. The molecule has 0 radical (unpaired) electrons. The fourth-order valence-corrected chi connectivity index (χ4v) is 3.15. The van der Waals surface area contributed by atoms with E-state index in [0.29, 0.717) is 23.4 Å². The van der Waals surface area contributed by atoms with Gasteiger partial charge in [0.25, 0.3) is 0 Å². The predicted molar refractivity (Wildman–Crippen MR) is 69.8 cm³/mol. The van der Waals surface area contributed by atoms with Crippen molar-refractivity contribution in [2.75, 3.05) is 19.6 Å². The van der Waals surface area contributed by atoms with Crippen LogP contribution in [0.2, 0.25) is 0 Å². The minimum Gasteiger partial charge on any atom is -0.342 e. The Balaban J connectivity index is 1.78. The van der Waals surface area contributed by atoms with E-state index in [1.54, 1.807) is 0 Å². The summed E-state index contributed by atoms with van der Waals surface area (Å²) >= 11 is 0. The average Bonchev–Trinajstić information content (AvgIpc) is 2.68. The van der Waals surface area contributed by atoms with Gasteiger partial charge in [0.15, 0.2) is 0 Å². The lowest BCUT2D eigenvalue weighted by Crippen LogP contribution is -2.42. The summed E-state index contributed by atoms with van der Waals surface area (Å²) in [4.78, 5) is 14.0. The number of amides is 1. The van der Waals surface area contributed by atoms with Crippen LogP contribution in [0.1, 0.15) is 47.0 Å². The molecule has 1 saturated carbocycles. The lowest BCUT2D eigenvalue weighted by molar-refractivity contribution is -0.131. The molecule has 0 unspecified atom stereocenters. The van der Waals surface area contributed by atoms with E-state index < -0.39 is 0 Å². The number of nitrogens with one attached hydrogen (secondary N) is 1. The zero-order valence-corrected chi connectivity index (χ0v) is 11.7. The molecule has 1 aliphatic carbocycles. The van der Waals surface area contributed by atoms with Gasteiger partial charge in [-0.3, -0.25) is 4.79 Å². The molecule has 0 atom stereocenters. The highest BCUT2D eigenvalue weighted by molar-refractivity contribution is 5.78. The van der Waals surface area contributed by atoms with Crippen LogP contribution in [0, 0.1) is 10.8 Å². The number of piperidine rings is 1. The lowest BCUT2D eigenvalue weighted by Gasteiger charge is -2.27. The Hall–Kier alpha value is -0.570. The maximum atomic E-state index is 12.0. The molecule has 98 valence electrons. The molecule has 2 aliphatic rings. The molecule has 2 rings (SSSR count). The van der Waals surface area contributed by atoms with E-state index in [2.05, 4.69) is 33.0 Å². The Labute approximate surface area is 105 Å². The summed E-state index contributed by atoms with van der Waals surface area (Å²) in [6.45, 7) is 11.5. The largest absolute Gasteiger partial charge is 0.342 e. The van der Waals surface area contributed by atoms with Crippen molar-refractivity contribution in [1.82, 2.24) is 10.2 Å². The van der Waals surface area contributed by atoms with E-state index >= 15 is 0 Å². The molecule has 1 N–H and O–H groups in total. The summed E-state index contributed by atoms with van der Waals surface area (Å²) in [6, 6.07) is 0.476. The summed E-state index contributed by atoms with van der Waals surface area (Å²) in [5, 5.41) is 3.44. The van der Waals surface area contributed by atoms with Crippen LogP contribution < -0.4 is 5.32 Å². The van der Waals surface area contributed by atoms with Crippen LogP contribution in [0.5, 0.6) is 0 Å². The summed E-state index contributed by atoms with van der Waals surface area (Å²) in [7, 11) is 0. The topological polar surface area (TPSA) is 32.3 Å². The molecular formula is C14H26N2O. The molecule has 0 aromatic carbocycles. The van der Waals surface area contributed by atoms with E-state index in [0.717, 1.165) is 13.1 Å². The third-order valence-electron chi connectivity index (χ3n) is 5.19. The van der Waals surface area contributed by atoms with Gasteiger partial charge in [0.2, 0.25) is 5.91 Å². The van der Waals surface area contributed by atoms with E-state index in [9.17, 15) is 4.79 Å². The molecular weight excluding hydrogens is 212 g/mol. The van der Waals surface area contributed by atoms with Crippen molar-refractivity contribution in [1.29, 1.82) is 0 Å². The van der Waals surface area contributed by atoms with Crippen molar-refractivity contribution in [2.24, 2.45) is 10.8 Å². The van der Waals surface area contributed by atoms with E-state index in [1.807, 2.05) is 4.90 Å². The molecule has 0 spiro atoms. The van der Waals surface area contributed by atoms with E-state index in [1.165, 1.54) is 19.3 Å². The number of hydrogen-bond acceptors (Lipinski definition) is 2. The van der Waals surface area contributed by atoms with Crippen LogP contribution >= 0.6 is 0 Å². The maximum absolute atomic E-state index is 12.0. The predicted octanol–water partition coefficient (Wildman–Crippen LogP) is 2.02. The van der Waals surface area contributed by atoms with Gasteiger partial charge in [0.1, 0.15) is 0 Å². The standard InChI is InChI=1S/C14H26N2O/c1-13(2)12(14(13,3)4)15-10-11(17)16-8-6-5-7-9-16/h12,15H,5-10H2,1-4H3. The highest BCUT2D eigenvalue weighted by Gasteiger charge is 2.64. The monoisotopic (exact) mass is 238 g/mol. The Bertz CT molecular complexity index is 289. The fourth-order valence-electron chi connectivity index (χ4n) is 3.15. The molecule has 0 bridgehead atoms. The molecule has 1 amide bonds. The molecule has 3 nitrogen and oxygen atoms in total. The molecule has 0 aromatic rings. The highest BCUT2D eigenvalue weighted by Crippen LogP contribution is 2.62. The first-order valence-corrected chi connectivity index (χ1v) is 6.88. The van der Waals surface area contributed by atoms with Gasteiger partial charge in [0, 0.05) is 19.1 Å². The van der Waals surface area contributed by atoms with Crippen LogP contribution in [0.25, 0.3) is 0 Å². The maximum Gasteiger partial charge on any atom is 0.236 e. The molecule has 17 heavy (non-hydrogen) atoms. The zero-order valence-electron chi connectivity index (χ0n) is 11.7. The second-order valence-electron chi connectivity index (χ2n) is 6.70. The van der Waals surface area contributed by atoms with Crippen LogP contribution in [0.4, 0.5) is 0 Å². The molecule has 1 saturated heterocycles. The first kappa shape index (κ1) is 12.9.